The van der Waals surface area contributed by atoms with E-state index in [1.807, 2.05) is 13.0 Å². The minimum Gasteiger partial charge on any atom is -0.494 e. The molecule has 3 amide bonds. The van der Waals surface area contributed by atoms with Crippen LogP contribution in [0.2, 0.25) is 0 Å². The van der Waals surface area contributed by atoms with Gasteiger partial charge in [-0.25, -0.2) is 0 Å². The van der Waals surface area contributed by atoms with Crippen molar-refractivity contribution >= 4 is 63.2 Å². The van der Waals surface area contributed by atoms with Gasteiger partial charge in [0.2, 0.25) is 5.91 Å². The van der Waals surface area contributed by atoms with Crippen LogP contribution in [-0.2, 0) is 9.59 Å². The molecular formula is C24H23IN2O6S. The van der Waals surface area contributed by atoms with Crippen molar-refractivity contribution in [1.82, 2.24) is 4.90 Å². The standard InChI is InChI=1S/C24H23IN2O6S/c1-4-10-33-22-18(25)11-15(12-19(22)31-3)13-20-23(29)27(24(30)34-20)14-21(28)26-16-6-8-17(9-7-16)32-5-2/h4,6-9,11-13H,1,5,10,14H2,2-3H3,(H,26,28)/b20-13-. The summed E-state index contributed by atoms with van der Waals surface area (Å²) in [7, 11) is 1.52. The van der Waals surface area contributed by atoms with Crippen molar-refractivity contribution < 1.29 is 28.6 Å². The number of rotatable bonds is 10. The molecule has 2 aromatic rings. The highest BCUT2D eigenvalue weighted by atomic mass is 127. The average molecular weight is 594 g/mol. The Kier molecular flexibility index (Phi) is 8.99. The fourth-order valence-electron chi connectivity index (χ4n) is 3.04. The van der Waals surface area contributed by atoms with E-state index in [2.05, 4.69) is 34.5 Å². The molecule has 34 heavy (non-hydrogen) atoms. The van der Waals surface area contributed by atoms with Crippen LogP contribution >= 0.6 is 34.4 Å². The highest BCUT2D eigenvalue weighted by Crippen LogP contribution is 2.37. The molecule has 1 N–H and O–H groups in total. The fourth-order valence-corrected chi connectivity index (χ4v) is 4.66. The molecule has 1 heterocycles. The Hall–Kier alpha value is -2.99. The van der Waals surface area contributed by atoms with E-state index in [1.54, 1.807) is 42.5 Å². The Morgan fingerprint density at radius 1 is 1.21 bits per heavy atom. The van der Waals surface area contributed by atoms with E-state index in [1.165, 1.54) is 7.11 Å². The first-order valence-corrected chi connectivity index (χ1v) is 12.1. The monoisotopic (exact) mass is 594 g/mol. The van der Waals surface area contributed by atoms with Crippen LogP contribution in [0.15, 0.2) is 54.0 Å². The second-order valence-corrected chi connectivity index (χ2v) is 9.06. The van der Waals surface area contributed by atoms with Gasteiger partial charge in [-0.1, -0.05) is 12.7 Å². The molecular weight excluding hydrogens is 571 g/mol. The van der Waals surface area contributed by atoms with Gasteiger partial charge in [-0.15, -0.1) is 0 Å². The van der Waals surface area contributed by atoms with Crippen molar-refractivity contribution in [2.75, 3.05) is 32.2 Å². The molecule has 1 aliphatic heterocycles. The van der Waals surface area contributed by atoms with Crippen molar-refractivity contribution in [2.45, 2.75) is 6.92 Å². The van der Waals surface area contributed by atoms with E-state index in [0.717, 1.165) is 20.2 Å². The molecule has 1 fully saturated rings. The SMILES string of the molecule is C=CCOc1c(I)cc(/C=C2\SC(=O)N(CC(=O)Nc3ccc(OCC)cc3)C2=O)cc1OC. The Morgan fingerprint density at radius 2 is 1.94 bits per heavy atom. The van der Waals surface area contributed by atoms with E-state index >= 15 is 0 Å². The number of carbonyl (C=O) groups excluding carboxylic acids is 3. The Balaban J connectivity index is 1.70. The summed E-state index contributed by atoms with van der Waals surface area (Å²) in [6, 6.07) is 10.4. The lowest BCUT2D eigenvalue weighted by molar-refractivity contribution is -0.127. The first-order valence-electron chi connectivity index (χ1n) is 10.3. The van der Waals surface area contributed by atoms with Crippen molar-refractivity contribution in [3.63, 3.8) is 0 Å². The van der Waals surface area contributed by atoms with Crippen LogP contribution in [0.3, 0.4) is 0 Å². The van der Waals surface area contributed by atoms with Crippen LogP contribution in [0.25, 0.3) is 6.08 Å². The highest BCUT2D eigenvalue weighted by Gasteiger charge is 2.36. The third kappa shape index (κ3) is 6.32. The largest absolute Gasteiger partial charge is 0.494 e. The number of nitrogens with zero attached hydrogens (tertiary/aromatic N) is 1. The average Bonchev–Trinajstić information content (AvgIpc) is 3.06. The van der Waals surface area contributed by atoms with Gasteiger partial charge >= 0.3 is 0 Å². The summed E-state index contributed by atoms with van der Waals surface area (Å²) in [6.45, 7) is 5.99. The smallest absolute Gasteiger partial charge is 0.294 e. The van der Waals surface area contributed by atoms with E-state index in [-0.39, 0.29) is 11.4 Å². The summed E-state index contributed by atoms with van der Waals surface area (Å²) in [5, 5.41) is 2.17. The highest BCUT2D eigenvalue weighted by molar-refractivity contribution is 14.1. The number of halogens is 1. The second kappa shape index (κ2) is 11.9. The number of methoxy groups -OCH3 is 1. The minimum absolute atomic E-state index is 0.219. The number of thioether (sulfide) groups is 1. The molecule has 0 aromatic heterocycles. The van der Waals surface area contributed by atoms with Crippen molar-refractivity contribution in [1.29, 1.82) is 0 Å². The summed E-state index contributed by atoms with van der Waals surface area (Å²) in [5.74, 6) is 0.738. The molecule has 0 radical (unpaired) electrons. The summed E-state index contributed by atoms with van der Waals surface area (Å²) in [6.07, 6.45) is 3.22. The molecule has 0 unspecified atom stereocenters. The molecule has 10 heteroatoms. The molecule has 3 rings (SSSR count). The molecule has 0 aliphatic carbocycles. The number of hydrogen-bond donors (Lipinski definition) is 1. The predicted octanol–water partition coefficient (Wildman–Crippen LogP) is 4.94. The Labute approximate surface area is 215 Å². The van der Waals surface area contributed by atoms with Gasteiger partial charge in [0.1, 0.15) is 18.9 Å². The lowest BCUT2D eigenvalue weighted by Gasteiger charge is -2.13. The van der Waals surface area contributed by atoms with Crippen molar-refractivity contribution in [3.8, 4) is 17.2 Å². The van der Waals surface area contributed by atoms with Crippen LogP contribution in [0, 0.1) is 3.57 Å². The third-order valence-corrected chi connectivity index (χ3v) is 6.23. The summed E-state index contributed by atoms with van der Waals surface area (Å²) in [5.41, 5.74) is 1.20. The molecule has 0 spiro atoms. The maximum Gasteiger partial charge on any atom is 0.294 e. The second-order valence-electron chi connectivity index (χ2n) is 6.91. The molecule has 0 bridgehead atoms. The number of nitrogens with one attached hydrogen (secondary N) is 1. The van der Waals surface area contributed by atoms with Gasteiger partial charge in [-0.3, -0.25) is 19.3 Å². The van der Waals surface area contributed by atoms with Crippen LogP contribution in [-0.4, -0.2) is 48.8 Å². The van der Waals surface area contributed by atoms with Crippen LogP contribution in [0.5, 0.6) is 17.2 Å². The molecule has 0 saturated carbocycles. The molecule has 0 atom stereocenters. The summed E-state index contributed by atoms with van der Waals surface area (Å²) in [4.78, 5) is 38.8. The molecule has 178 valence electrons. The molecule has 1 aliphatic rings. The lowest BCUT2D eigenvalue weighted by atomic mass is 10.2. The van der Waals surface area contributed by atoms with Gasteiger partial charge in [0.15, 0.2) is 11.5 Å². The van der Waals surface area contributed by atoms with Gasteiger partial charge in [0, 0.05) is 5.69 Å². The summed E-state index contributed by atoms with van der Waals surface area (Å²) >= 11 is 2.89. The maximum absolute atomic E-state index is 12.8. The number of anilines is 1. The molecule has 8 nitrogen and oxygen atoms in total. The Bertz CT molecular complexity index is 1130. The fraction of sp³-hybridized carbons (Fsp3) is 0.208. The van der Waals surface area contributed by atoms with Gasteiger partial charge in [-0.05, 0) is 89.3 Å². The first-order chi connectivity index (χ1) is 16.4. The van der Waals surface area contributed by atoms with Gasteiger partial charge in [0.05, 0.1) is 22.2 Å². The van der Waals surface area contributed by atoms with Crippen molar-refractivity contribution in [3.05, 3.63) is 63.1 Å². The van der Waals surface area contributed by atoms with E-state index in [0.29, 0.717) is 41.7 Å². The van der Waals surface area contributed by atoms with Crippen molar-refractivity contribution in [2.24, 2.45) is 0 Å². The predicted molar refractivity (Wildman–Crippen MR) is 140 cm³/mol. The lowest BCUT2D eigenvalue weighted by Crippen LogP contribution is -2.36. The number of imide groups is 1. The molecule has 2 aromatic carbocycles. The van der Waals surface area contributed by atoms with E-state index < -0.39 is 17.1 Å². The quantitative estimate of drug-likeness (QED) is 0.237. The maximum atomic E-state index is 12.8. The van der Waals surface area contributed by atoms with Crippen LogP contribution in [0.1, 0.15) is 12.5 Å². The zero-order valence-corrected chi connectivity index (χ0v) is 21.6. The number of hydrogen-bond acceptors (Lipinski definition) is 7. The van der Waals surface area contributed by atoms with Gasteiger partial charge in [0.25, 0.3) is 11.1 Å². The third-order valence-electron chi connectivity index (χ3n) is 4.52. The zero-order chi connectivity index (χ0) is 24.7. The minimum atomic E-state index is -0.530. The molecule has 1 saturated heterocycles. The first kappa shape index (κ1) is 25.6. The normalized spacial score (nSPS) is 14.3. The Morgan fingerprint density at radius 3 is 2.59 bits per heavy atom. The number of amides is 3. The van der Waals surface area contributed by atoms with Gasteiger partial charge in [-0.2, -0.15) is 0 Å². The topological polar surface area (TPSA) is 94.2 Å². The number of benzene rings is 2. The van der Waals surface area contributed by atoms with Gasteiger partial charge < -0.3 is 19.5 Å². The summed E-state index contributed by atoms with van der Waals surface area (Å²) < 4.78 is 17.2. The zero-order valence-electron chi connectivity index (χ0n) is 18.6. The number of ether oxygens (including phenoxy) is 3. The number of carbonyl (C=O) groups is 3. The van der Waals surface area contributed by atoms with Crippen LogP contribution in [0.4, 0.5) is 10.5 Å². The van der Waals surface area contributed by atoms with E-state index in [9.17, 15) is 14.4 Å². The van der Waals surface area contributed by atoms with Crippen LogP contribution < -0.4 is 19.5 Å². The van der Waals surface area contributed by atoms with E-state index in [4.69, 9.17) is 14.2 Å².